The summed E-state index contributed by atoms with van der Waals surface area (Å²) in [6, 6.07) is 8.12. The Bertz CT molecular complexity index is 531. The lowest BCUT2D eigenvalue weighted by Crippen LogP contribution is -2.54. The van der Waals surface area contributed by atoms with Crippen LogP contribution in [0.3, 0.4) is 0 Å². The average Bonchev–Trinajstić information content (AvgIpc) is 2.51. The van der Waals surface area contributed by atoms with Crippen LogP contribution in [0.2, 0.25) is 0 Å². The second kappa shape index (κ2) is 7.79. The minimum atomic E-state index is 0.0654. The number of ether oxygens (including phenoxy) is 1. The molecule has 1 fully saturated rings. The number of hydrogen-bond donors (Lipinski definition) is 2. The largest absolute Gasteiger partial charge is 0.496 e. The Morgan fingerprint density at radius 3 is 2.87 bits per heavy atom. The van der Waals surface area contributed by atoms with Gasteiger partial charge in [0.15, 0.2) is 0 Å². The number of likely N-dealkylation sites (tertiary alicyclic amines) is 1. The Balaban J connectivity index is 1.75. The van der Waals surface area contributed by atoms with Crippen molar-refractivity contribution < 1.29 is 9.53 Å². The third-order valence-electron chi connectivity index (χ3n) is 4.67. The van der Waals surface area contributed by atoms with E-state index in [9.17, 15) is 4.79 Å². The third-order valence-corrected chi connectivity index (χ3v) is 4.67. The van der Waals surface area contributed by atoms with E-state index in [1.807, 2.05) is 24.3 Å². The van der Waals surface area contributed by atoms with Crippen LogP contribution in [-0.2, 0) is 11.2 Å². The quantitative estimate of drug-likeness (QED) is 0.832. The fraction of sp³-hybridized carbons (Fsp3) is 0.611. The molecular weight excluding hydrogens is 290 g/mol. The number of hydrogen-bond acceptors (Lipinski definition) is 4. The highest BCUT2D eigenvalue weighted by Gasteiger charge is 2.33. The molecule has 23 heavy (non-hydrogen) atoms. The molecule has 1 atom stereocenters. The number of amides is 1. The topological polar surface area (TPSA) is 67.6 Å². The molecule has 1 saturated heterocycles. The van der Waals surface area contributed by atoms with Gasteiger partial charge in [0.25, 0.3) is 0 Å². The zero-order valence-electron chi connectivity index (χ0n) is 14.5. The molecule has 0 bridgehead atoms. The Labute approximate surface area is 139 Å². The van der Waals surface area contributed by atoms with E-state index in [0.29, 0.717) is 13.1 Å². The fourth-order valence-electron chi connectivity index (χ4n) is 3.13. The van der Waals surface area contributed by atoms with Crippen molar-refractivity contribution >= 4 is 5.91 Å². The van der Waals surface area contributed by atoms with Crippen LogP contribution >= 0.6 is 0 Å². The summed E-state index contributed by atoms with van der Waals surface area (Å²) >= 11 is 0. The van der Waals surface area contributed by atoms with Crippen LogP contribution in [0.25, 0.3) is 0 Å². The molecule has 1 unspecified atom stereocenters. The predicted molar refractivity (Wildman–Crippen MR) is 92.5 cm³/mol. The normalized spacial score (nSPS) is 21.0. The Kier molecular flexibility index (Phi) is 6.02. The maximum atomic E-state index is 12.1. The number of methoxy groups -OCH3 is 1. The zero-order valence-corrected chi connectivity index (χ0v) is 14.5. The summed E-state index contributed by atoms with van der Waals surface area (Å²) in [5, 5.41) is 3.00. The van der Waals surface area contributed by atoms with Gasteiger partial charge in [-0.25, -0.2) is 0 Å². The molecule has 0 aliphatic carbocycles. The van der Waals surface area contributed by atoms with Gasteiger partial charge in [0, 0.05) is 25.7 Å². The maximum absolute atomic E-state index is 12.1. The van der Waals surface area contributed by atoms with Crippen LogP contribution in [0.5, 0.6) is 5.75 Å². The highest BCUT2D eigenvalue weighted by molar-refractivity contribution is 5.78. The third kappa shape index (κ3) is 4.94. The molecule has 1 aliphatic heterocycles. The Morgan fingerprint density at radius 2 is 2.17 bits per heavy atom. The van der Waals surface area contributed by atoms with Gasteiger partial charge in [-0.15, -0.1) is 0 Å². The molecule has 1 amide bonds. The minimum Gasteiger partial charge on any atom is -0.496 e. The number of nitrogens with one attached hydrogen (secondary N) is 1. The van der Waals surface area contributed by atoms with Gasteiger partial charge in [0.1, 0.15) is 5.75 Å². The smallest absolute Gasteiger partial charge is 0.234 e. The number of carbonyl (C=O) groups excluding carboxylic acids is 1. The summed E-state index contributed by atoms with van der Waals surface area (Å²) in [5.41, 5.74) is 7.32. The lowest BCUT2D eigenvalue weighted by atomic mass is 9.80. The van der Waals surface area contributed by atoms with Crippen molar-refractivity contribution in [1.29, 1.82) is 0 Å². The van der Waals surface area contributed by atoms with Gasteiger partial charge in [0.2, 0.25) is 5.91 Å². The van der Waals surface area contributed by atoms with E-state index in [1.54, 1.807) is 7.11 Å². The standard InChI is InChI=1S/C18H29N3O2/c1-18(2)13-21(11-9-16(18)19)12-17(22)20-10-8-14-6-4-5-7-15(14)23-3/h4-7,16H,8-13,19H2,1-3H3,(H,20,22). The number of nitrogens with two attached hydrogens (primary N) is 1. The van der Waals surface area contributed by atoms with Crippen LogP contribution in [0.1, 0.15) is 25.8 Å². The second-order valence-electron chi connectivity index (χ2n) is 7.01. The molecule has 3 N–H and O–H groups in total. The van der Waals surface area contributed by atoms with Gasteiger partial charge in [-0.2, -0.15) is 0 Å². The summed E-state index contributed by atoms with van der Waals surface area (Å²) in [5.74, 6) is 0.944. The maximum Gasteiger partial charge on any atom is 0.234 e. The predicted octanol–water partition coefficient (Wildman–Crippen LogP) is 1.41. The minimum absolute atomic E-state index is 0.0654. The number of benzene rings is 1. The number of piperidine rings is 1. The first-order valence-corrected chi connectivity index (χ1v) is 8.29. The lowest BCUT2D eigenvalue weighted by molar-refractivity contribution is -0.123. The Morgan fingerprint density at radius 1 is 1.43 bits per heavy atom. The first-order chi connectivity index (χ1) is 10.9. The highest BCUT2D eigenvalue weighted by Crippen LogP contribution is 2.27. The molecule has 1 aliphatic rings. The van der Waals surface area contributed by atoms with E-state index in [4.69, 9.17) is 10.5 Å². The number of nitrogens with zero attached hydrogens (tertiary/aromatic N) is 1. The van der Waals surface area contributed by atoms with E-state index in [1.165, 1.54) is 0 Å². The molecule has 0 radical (unpaired) electrons. The van der Waals surface area contributed by atoms with E-state index < -0.39 is 0 Å². The van der Waals surface area contributed by atoms with Crippen molar-refractivity contribution in [2.45, 2.75) is 32.7 Å². The van der Waals surface area contributed by atoms with E-state index in [0.717, 1.165) is 37.2 Å². The summed E-state index contributed by atoms with van der Waals surface area (Å²) < 4.78 is 5.32. The van der Waals surface area contributed by atoms with Gasteiger partial charge in [-0.05, 0) is 29.9 Å². The second-order valence-corrected chi connectivity index (χ2v) is 7.01. The number of rotatable bonds is 6. The van der Waals surface area contributed by atoms with E-state index in [2.05, 4.69) is 24.1 Å². The van der Waals surface area contributed by atoms with Crippen molar-refractivity contribution in [3.05, 3.63) is 29.8 Å². The van der Waals surface area contributed by atoms with Crippen molar-refractivity contribution in [1.82, 2.24) is 10.2 Å². The monoisotopic (exact) mass is 319 g/mol. The van der Waals surface area contributed by atoms with Gasteiger partial charge in [0.05, 0.1) is 13.7 Å². The van der Waals surface area contributed by atoms with Gasteiger partial charge in [-0.1, -0.05) is 32.0 Å². The van der Waals surface area contributed by atoms with E-state index in [-0.39, 0.29) is 17.4 Å². The SMILES string of the molecule is COc1ccccc1CCNC(=O)CN1CCC(N)C(C)(C)C1. The van der Waals surface area contributed by atoms with Gasteiger partial charge >= 0.3 is 0 Å². The van der Waals surface area contributed by atoms with Crippen molar-refractivity contribution in [2.75, 3.05) is 33.3 Å². The van der Waals surface area contributed by atoms with Crippen molar-refractivity contribution in [3.63, 3.8) is 0 Å². The molecule has 0 aromatic heterocycles. The van der Waals surface area contributed by atoms with Crippen molar-refractivity contribution in [2.24, 2.45) is 11.1 Å². The zero-order chi connectivity index (χ0) is 16.9. The molecule has 128 valence electrons. The molecule has 2 rings (SSSR count). The highest BCUT2D eigenvalue weighted by atomic mass is 16.5. The number of carbonyl (C=O) groups is 1. The average molecular weight is 319 g/mol. The van der Waals surface area contributed by atoms with Crippen LogP contribution in [0, 0.1) is 5.41 Å². The molecule has 1 heterocycles. The molecule has 1 aromatic rings. The van der Waals surface area contributed by atoms with Gasteiger partial charge < -0.3 is 15.8 Å². The van der Waals surface area contributed by atoms with Crippen LogP contribution < -0.4 is 15.8 Å². The molecular formula is C18H29N3O2. The molecule has 0 saturated carbocycles. The molecule has 1 aromatic carbocycles. The summed E-state index contributed by atoms with van der Waals surface area (Å²) in [6.45, 7) is 7.17. The summed E-state index contributed by atoms with van der Waals surface area (Å²) in [7, 11) is 1.67. The fourth-order valence-corrected chi connectivity index (χ4v) is 3.13. The summed E-state index contributed by atoms with van der Waals surface area (Å²) in [6.07, 6.45) is 1.72. The van der Waals surface area contributed by atoms with Crippen molar-refractivity contribution in [3.8, 4) is 5.75 Å². The lowest BCUT2D eigenvalue weighted by Gasteiger charge is -2.42. The first-order valence-electron chi connectivity index (χ1n) is 8.29. The Hall–Kier alpha value is -1.59. The van der Waals surface area contributed by atoms with Crippen LogP contribution in [-0.4, -0.2) is 50.1 Å². The van der Waals surface area contributed by atoms with Crippen LogP contribution in [0.15, 0.2) is 24.3 Å². The van der Waals surface area contributed by atoms with Gasteiger partial charge in [-0.3, -0.25) is 9.69 Å². The summed E-state index contributed by atoms with van der Waals surface area (Å²) in [4.78, 5) is 14.3. The molecule has 5 nitrogen and oxygen atoms in total. The first kappa shape index (κ1) is 17.8. The van der Waals surface area contributed by atoms with E-state index >= 15 is 0 Å². The van der Waals surface area contributed by atoms with Crippen LogP contribution in [0.4, 0.5) is 0 Å². The molecule has 5 heteroatoms. The molecule has 0 spiro atoms. The number of para-hydroxylation sites is 1.